The Bertz CT molecular complexity index is 99.9. The monoisotopic (exact) mass is 236 g/mol. The van der Waals surface area contributed by atoms with Gasteiger partial charge in [0.25, 0.3) is 0 Å². The second kappa shape index (κ2) is 5.20. The maximum absolute atomic E-state index is 9.02. The predicted octanol–water partition coefficient (Wildman–Crippen LogP) is 1.40. The molecule has 0 spiro atoms. The smallest absolute Gasteiger partial charge is 0.0459 e. The van der Waals surface area contributed by atoms with Gasteiger partial charge in [-0.15, -0.1) is 0 Å². The van der Waals surface area contributed by atoms with Gasteiger partial charge in [-0.05, 0) is 37.0 Å². The fourth-order valence-corrected chi connectivity index (χ4v) is 2.66. The minimum Gasteiger partial charge on any atom is -0.396 e. The van der Waals surface area contributed by atoms with E-state index in [9.17, 15) is 0 Å². The van der Waals surface area contributed by atoms with E-state index in [0.29, 0.717) is 17.8 Å². The third kappa shape index (κ3) is 2.71. The van der Waals surface area contributed by atoms with Gasteiger partial charge in [0.05, 0.1) is 0 Å². The molecule has 2 atom stereocenters. The maximum Gasteiger partial charge on any atom is 0.0459 e. The van der Waals surface area contributed by atoms with Crippen LogP contribution >= 0.6 is 15.9 Å². The lowest BCUT2D eigenvalue weighted by Crippen LogP contribution is -2.27. The molecule has 0 amide bonds. The van der Waals surface area contributed by atoms with Gasteiger partial charge in [0.1, 0.15) is 0 Å². The lowest BCUT2D eigenvalue weighted by molar-refractivity contribution is 0.0973. The van der Waals surface area contributed by atoms with Crippen molar-refractivity contribution < 1.29 is 10.2 Å². The zero-order valence-corrected chi connectivity index (χ0v) is 8.83. The summed E-state index contributed by atoms with van der Waals surface area (Å²) in [5.41, 5.74) is 0. The standard InChI is InChI=1S/C9H17BrO2/c10-4-7-1-8(5-11)3-9(2-7)6-12/h7-9,11-12H,1-6H2. The largest absolute Gasteiger partial charge is 0.396 e. The summed E-state index contributed by atoms with van der Waals surface area (Å²) in [6, 6.07) is 0. The second-order valence-electron chi connectivity index (χ2n) is 3.82. The van der Waals surface area contributed by atoms with Crippen LogP contribution in [0.3, 0.4) is 0 Å². The van der Waals surface area contributed by atoms with Crippen molar-refractivity contribution in [1.29, 1.82) is 0 Å². The van der Waals surface area contributed by atoms with Gasteiger partial charge in [0.2, 0.25) is 0 Å². The Kier molecular flexibility index (Phi) is 4.54. The molecular formula is C9H17BrO2. The highest BCUT2D eigenvalue weighted by Gasteiger charge is 2.27. The molecular weight excluding hydrogens is 220 g/mol. The van der Waals surface area contributed by atoms with E-state index in [4.69, 9.17) is 10.2 Å². The zero-order valence-electron chi connectivity index (χ0n) is 7.25. The lowest BCUT2D eigenvalue weighted by Gasteiger charge is -2.32. The Balaban J connectivity index is 2.41. The van der Waals surface area contributed by atoms with E-state index in [1.807, 2.05) is 0 Å². The Morgan fingerprint density at radius 1 is 0.917 bits per heavy atom. The van der Waals surface area contributed by atoms with Crippen LogP contribution in [-0.2, 0) is 0 Å². The van der Waals surface area contributed by atoms with Gasteiger partial charge >= 0.3 is 0 Å². The molecule has 1 aliphatic rings. The van der Waals surface area contributed by atoms with Crippen LogP contribution in [-0.4, -0.2) is 28.8 Å². The average Bonchev–Trinajstić information content (AvgIpc) is 2.16. The van der Waals surface area contributed by atoms with Gasteiger partial charge in [-0.2, -0.15) is 0 Å². The molecule has 12 heavy (non-hydrogen) atoms. The molecule has 0 bridgehead atoms. The molecule has 72 valence electrons. The van der Waals surface area contributed by atoms with E-state index in [-0.39, 0.29) is 13.2 Å². The minimum atomic E-state index is 0.278. The molecule has 0 aromatic rings. The summed E-state index contributed by atoms with van der Waals surface area (Å²) in [6.45, 7) is 0.556. The molecule has 3 heteroatoms. The number of aliphatic hydroxyl groups is 2. The maximum atomic E-state index is 9.02. The number of hydrogen-bond acceptors (Lipinski definition) is 2. The molecule has 0 radical (unpaired) electrons. The van der Waals surface area contributed by atoms with E-state index in [0.717, 1.165) is 24.6 Å². The van der Waals surface area contributed by atoms with Crippen LogP contribution < -0.4 is 0 Å². The van der Waals surface area contributed by atoms with Crippen molar-refractivity contribution in [2.75, 3.05) is 18.5 Å². The van der Waals surface area contributed by atoms with Crippen LogP contribution in [0.2, 0.25) is 0 Å². The quantitative estimate of drug-likeness (QED) is 0.728. The number of hydrogen-bond donors (Lipinski definition) is 2. The van der Waals surface area contributed by atoms with Crippen molar-refractivity contribution in [2.24, 2.45) is 17.8 Å². The fourth-order valence-electron chi connectivity index (χ4n) is 2.13. The first-order valence-corrected chi connectivity index (χ1v) is 5.70. The topological polar surface area (TPSA) is 40.5 Å². The minimum absolute atomic E-state index is 0.278. The van der Waals surface area contributed by atoms with Crippen molar-refractivity contribution in [3.8, 4) is 0 Å². The van der Waals surface area contributed by atoms with Crippen LogP contribution in [0.5, 0.6) is 0 Å². The molecule has 0 aromatic heterocycles. The normalized spacial score (nSPS) is 36.8. The van der Waals surface area contributed by atoms with Crippen LogP contribution in [0, 0.1) is 17.8 Å². The summed E-state index contributed by atoms with van der Waals surface area (Å²) in [6.07, 6.45) is 3.22. The van der Waals surface area contributed by atoms with Gasteiger partial charge in [-0.1, -0.05) is 15.9 Å². The SMILES string of the molecule is OCC1CC(CO)CC(CBr)C1. The van der Waals surface area contributed by atoms with Crippen molar-refractivity contribution in [3.63, 3.8) is 0 Å². The first-order chi connectivity index (χ1) is 5.80. The number of alkyl halides is 1. The molecule has 2 nitrogen and oxygen atoms in total. The molecule has 0 heterocycles. The Labute approximate surface area is 82.1 Å². The number of aliphatic hydroxyl groups excluding tert-OH is 2. The molecule has 1 rings (SSSR count). The Morgan fingerprint density at radius 3 is 1.67 bits per heavy atom. The van der Waals surface area contributed by atoms with E-state index in [1.54, 1.807) is 0 Å². The van der Waals surface area contributed by atoms with E-state index < -0.39 is 0 Å². The van der Waals surface area contributed by atoms with Crippen LogP contribution in [0.1, 0.15) is 19.3 Å². The van der Waals surface area contributed by atoms with Crippen molar-refractivity contribution in [1.82, 2.24) is 0 Å². The molecule has 2 N–H and O–H groups in total. The van der Waals surface area contributed by atoms with Crippen molar-refractivity contribution >= 4 is 15.9 Å². The molecule has 2 unspecified atom stereocenters. The lowest BCUT2D eigenvalue weighted by atomic mass is 9.76. The van der Waals surface area contributed by atoms with Crippen LogP contribution in [0.15, 0.2) is 0 Å². The predicted molar refractivity (Wildman–Crippen MR) is 52.3 cm³/mol. The van der Waals surface area contributed by atoms with Gasteiger partial charge in [-0.25, -0.2) is 0 Å². The second-order valence-corrected chi connectivity index (χ2v) is 4.47. The Morgan fingerprint density at radius 2 is 1.33 bits per heavy atom. The highest BCUT2D eigenvalue weighted by atomic mass is 79.9. The Hall–Kier alpha value is 0.400. The summed E-state index contributed by atoms with van der Waals surface area (Å²) in [4.78, 5) is 0. The van der Waals surface area contributed by atoms with Gasteiger partial charge in [-0.3, -0.25) is 0 Å². The third-order valence-electron chi connectivity index (χ3n) is 2.73. The summed E-state index contributed by atoms with van der Waals surface area (Å²) in [5.74, 6) is 1.48. The fraction of sp³-hybridized carbons (Fsp3) is 1.00. The van der Waals surface area contributed by atoms with E-state index >= 15 is 0 Å². The number of halogens is 1. The van der Waals surface area contributed by atoms with E-state index in [1.165, 1.54) is 0 Å². The molecule has 1 fully saturated rings. The van der Waals surface area contributed by atoms with Gasteiger partial charge in [0.15, 0.2) is 0 Å². The summed E-state index contributed by atoms with van der Waals surface area (Å²) in [5, 5.41) is 19.0. The van der Waals surface area contributed by atoms with Gasteiger partial charge < -0.3 is 10.2 Å². The molecule has 0 saturated heterocycles. The zero-order chi connectivity index (χ0) is 8.97. The highest BCUT2D eigenvalue weighted by molar-refractivity contribution is 9.09. The van der Waals surface area contributed by atoms with Gasteiger partial charge in [0, 0.05) is 18.5 Å². The molecule has 1 saturated carbocycles. The molecule has 0 aliphatic heterocycles. The third-order valence-corrected chi connectivity index (χ3v) is 3.65. The first-order valence-electron chi connectivity index (χ1n) is 4.57. The van der Waals surface area contributed by atoms with Crippen LogP contribution in [0.4, 0.5) is 0 Å². The summed E-state index contributed by atoms with van der Waals surface area (Å²) >= 11 is 3.46. The van der Waals surface area contributed by atoms with Crippen molar-refractivity contribution in [3.05, 3.63) is 0 Å². The van der Waals surface area contributed by atoms with E-state index in [2.05, 4.69) is 15.9 Å². The molecule has 0 aromatic carbocycles. The van der Waals surface area contributed by atoms with Crippen LogP contribution in [0.25, 0.3) is 0 Å². The molecule has 1 aliphatic carbocycles. The average molecular weight is 237 g/mol. The highest BCUT2D eigenvalue weighted by Crippen LogP contribution is 2.33. The number of rotatable bonds is 3. The first kappa shape index (κ1) is 10.5. The summed E-state index contributed by atoms with van der Waals surface area (Å²) in [7, 11) is 0. The van der Waals surface area contributed by atoms with Crippen molar-refractivity contribution in [2.45, 2.75) is 19.3 Å². The summed E-state index contributed by atoms with van der Waals surface area (Å²) < 4.78 is 0.